The van der Waals surface area contributed by atoms with Crippen LogP contribution < -0.4 is 14.8 Å². The van der Waals surface area contributed by atoms with Crippen molar-refractivity contribution in [3.8, 4) is 11.5 Å². The van der Waals surface area contributed by atoms with Crippen molar-refractivity contribution in [2.45, 2.75) is 39.0 Å². The second-order valence-corrected chi connectivity index (χ2v) is 7.63. The van der Waals surface area contributed by atoms with Crippen LogP contribution in [-0.2, 0) is 14.3 Å². The van der Waals surface area contributed by atoms with Crippen LogP contribution in [0.4, 0.5) is 5.69 Å². The third kappa shape index (κ3) is 7.17. The first kappa shape index (κ1) is 24.0. The lowest BCUT2D eigenvalue weighted by molar-refractivity contribution is -0.142. The third-order valence-electron chi connectivity index (χ3n) is 5.05. The summed E-state index contributed by atoms with van der Waals surface area (Å²) >= 11 is 0. The molecule has 1 heterocycles. The topological polar surface area (TPSA) is 108 Å². The first-order valence-corrected chi connectivity index (χ1v) is 11.0. The van der Waals surface area contributed by atoms with Crippen LogP contribution in [-0.4, -0.2) is 43.3 Å². The lowest BCUT2D eigenvalue weighted by atomic mass is 10.1. The Labute approximate surface area is 192 Å². The van der Waals surface area contributed by atoms with Gasteiger partial charge in [-0.25, -0.2) is 0 Å². The smallest absolute Gasteiger partial charge is 0.306 e. The van der Waals surface area contributed by atoms with Crippen LogP contribution in [0.15, 0.2) is 42.5 Å². The second kappa shape index (κ2) is 11.8. The van der Waals surface area contributed by atoms with Gasteiger partial charge in [0.1, 0.15) is 11.5 Å². The van der Waals surface area contributed by atoms with Gasteiger partial charge in [0.25, 0.3) is 5.91 Å². The monoisotopic (exact) mass is 453 g/mol. The standard InChI is InChI=1S/C25H27NO7/c1-2-3-4-13-31-19-8-5-17(6-9-19)21(27)10-12-25(30)33-15-22(28)18-7-11-23-20(14-18)26-24(29)16-32-23/h5-9,11,14H,2-4,10,12-13,15-16H2,1H3,(H,26,29). The quantitative estimate of drug-likeness (QED) is 0.294. The van der Waals surface area contributed by atoms with Gasteiger partial charge in [-0.3, -0.25) is 19.2 Å². The van der Waals surface area contributed by atoms with E-state index in [9.17, 15) is 19.2 Å². The first-order valence-electron chi connectivity index (χ1n) is 11.0. The molecule has 1 aliphatic rings. The molecule has 0 fully saturated rings. The summed E-state index contributed by atoms with van der Waals surface area (Å²) in [4.78, 5) is 48.0. The van der Waals surface area contributed by atoms with Gasteiger partial charge in [-0.15, -0.1) is 0 Å². The Morgan fingerprint density at radius 1 is 0.970 bits per heavy atom. The van der Waals surface area contributed by atoms with Gasteiger partial charge in [0.2, 0.25) is 0 Å². The van der Waals surface area contributed by atoms with Gasteiger partial charge in [0.15, 0.2) is 24.8 Å². The molecule has 33 heavy (non-hydrogen) atoms. The van der Waals surface area contributed by atoms with Crippen LogP contribution in [0.3, 0.4) is 0 Å². The van der Waals surface area contributed by atoms with Crippen LogP contribution in [0.5, 0.6) is 11.5 Å². The minimum Gasteiger partial charge on any atom is -0.494 e. The van der Waals surface area contributed by atoms with Crippen molar-refractivity contribution in [2.24, 2.45) is 0 Å². The van der Waals surface area contributed by atoms with Gasteiger partial charge < -0.3 is 19.5 Å². The molecule has 1 N–H and O–H groups in total. The number of anilines is 1. The molecule has 0 bridgehead atoms. The summed E-state index contributed by atoms with van der Waals surface area (Å²) in [5.74, 6) is -0.390. The highest BCUT2D eigenvalue weighted by atomic mass is 16.5. The molecule has 8 heteroatoms. The Balaban J connectivity index is 1.41. The number of unbranched alkanes of at least 4 members (excludes halogenated alkanes) is 2. The average molecular weight is 453 g/mol. The Morgan fingerprint density at radius 3 is 2.48 bits per heavy atom. The fraction of sp³-hybridized carbons (Fsp3) is 0.360. The van der Waals surface area contributed by atoms with Crippen molar-refractivity contribution in [3.63, 3.8) is 0 Å². The molecule has 0 unspecified atom stereocenters. The summed E-state index contributed by atoms with van der Waals surface area (Å²) in [6.45, 7) is 2.23. The summed E-state index contributed by atoms with van der Waals surface area (Å²) in [5.41, 5.74) is 1.16. The van der Waals surface area contributed by atoms with Gasteiger partial charge in [-0.1, -0.05) is 19.8 Å². The molecule has 3 rings (SSSR count). The minimum atomic E-state index is -0.637. The van der Waals surface area contributed by atoms with E-state index >= 15 is 0 Å². The number of hydrogen-bond acceptors (Lipinski definition) is 7. The number of esters is 1. The molecular weight excluding hydrogens is 426 g/mol. The maximum atomic E-state index is 12.3. The van der Waals surface area contributed by atoms with Crippen LogP contribution in [0, 0.1) is 0 Å². The Morgan fingerprint density at radius 2 is 1.73 bits per heavy atom. The molecular formula is C25H27NO7. The van der Waals surface area contributed by atoms with Crippen LogP contribution >= 0.6 is 0 Å². The molecule has 174 valence electrons. The van der Waals surface area contributed by atoms with E-state index in [1.807, 2.05) is 0 Å². The maximum Gasteiger partial charge on any atom is 0.306 e. The molecule has 2 aromatic rings. The van der Waals surface area contributed by atoms with E-state index in [0.29, 0.717) is 29.4 Å². The van der Waals surface area contributed by atoms with E-state index in [2.05, 4.69) is 12.2 Å². The van der Waals surface area contributed by atoms with Gasteiger partial charge in [0.05, 0.1) is 18.7 Å². The highest BCUT2D eigenvalue weighted by Gasteiger charge is 2.19. The Kier molecular flexibility index (Phi) is 8.57. The van der Waals surface area contributed by atoms with Crippen molar-refractivity contribution in [1.29, 1.82) is 0 Å². The van der Waals surface area contributed by atoms with Crippen LogP contribution in [0.25, 0.3) is 0 Å². The summed E-state index contributed by atoms with van der Waals surface area (Å²) < 4.78 is 15.9. The molecule has 2 aromatic carbocycles. The normalized spacial score (nSPS) is 12.2. The first-order chi connectivity index (χ1) is 16.0. The number of hydrogen-bond donors (Lipinski definition) is 1. The number of fused-ring (bicyclic) bond motifs is 1. The fourth-order valence-corrected chi connectivity index (χ4v) is 3.20. The maximum absolute atomic E-state index is 12.3. The van der Waals surface area contributed by atoms with Gasteiger partial charge in [-0.05, 0) is 48.9 Å². The Bertz CT molecular complexity index is 1010. The van der Waals surface area contributed by atoms with Crippen LogP contribution in [0.1, 0.15) is 59.7 Å². The number of ketones is 2. The van der Waals surface area contributed by atoms with Crippen molar-refractivity contribution < 1.29 is 33.4 Å². The lowest BCUT2D eigenvalue weighted by Crippen LogP contribution is -2.25. The predicted octanol–water partition coefficient (Wildman–Crippen LogP) is 3.98. The molecule has 1 amide bonds. The zero-order chi connectivity index (χ0) is 23.6. The molecule has 8 nitrogen and oxygen atoms in total. The number of rotatable bonds is 12. The molecule has 1 aliphatic heterocycles. The number of nitrogens with one attached hydrogen (secondary N) is 1. The predicted molar refractivity (Wildman–Crippen MR) is 121 cm³/mol. The minimum absolute atomic E-state index is 0.0219. The van der Waals surface area contributed by atoms with Crippen molar-refractivity contribution in [2.75, 3.05) is 25.1 Å². The van der Waals surface area contributed by atoms with Gasteiger partial charge >= 0.3 is 5.97 Å². The second-order valence-electron chi connectivity index (χ2n) is 7.63. The van der Waals surface area contributed by atoms with E-state index in [0.717, 1.165) is 19.3 Å². The summed E-state index contributed by atoms with van der Waals surface area (Å²) in [6.07, 6.45) is 3.07. The lowest BCUT2D eigenvalue weighted by Gasteiger charge is -2.18. The molecule has 0 atom stereocenters. The number of carbonyl (C=O) groups excluding carboxylic acids is 4. The van der Waals surface area contributed by atoms with Crippen LogP contribution in [0.2, 0.25) is 0 Å². The largest absolute Gasteiger partial charge is 0.494 e. The molecule has 0 saturated carbocycles. The molecule has 0 saturated heterocycles. The third-order valence-corrected chi connectivity index (χ3v) is 5.05. The number of carbonyl (C=O) groups is 4. The molecule has 0 aliphatic carbocycles. The number of amides is 1. The van der Waals surface area contributed by atoms with E-state index in [4.69, 9.17) is 14.2 Å². The number of Topliss-reactive ketones (excluding diaryl/α,β-unsaturated/α-hetero) is 2. The van der Waals surface area contributed by atoms with E-state index in [1.165, 1.54) is 12.1 Å². The molecule has 0 radical (unpaired) electrons. The van der Waals surface area contributed by atoms with E-state index in [-0.39, 0.29) is 36.7 Å². The molecule has 0 aromatic heterocycles. The number of ether oxygens (including phenoxy) is 3. The number of benzene rings is 2. The average Bonchev–Trinajstić information content (AvgIpc) is 2.83. The van der Waals surface area contributed by atoms with Gasteiger partial charge in [0, 0.05) is 17.5 Å². The molecule has 0 spiro atoms. The summed E-state index contributed by atoms with van der Waals surface area (Å²) in [5, 5.41) is 2.62. The summed E-state index contributed by atoms with van der Waals surface area (Å²) in [7, 11) is 0. The van der Waals surface area contributed by atoms with Gasteiger partial charge in [-0.2, -0.15) is 0 Å². The van der Waals surface area contributed by atoms with E-state index < -0.39 is 18.4 Å². The highest BCUT2D eigenvalue weighted by molar-refractivity contribution is 6.02. The Hall–Kier alpha value is -3.68. The van der Waals surface area contributed by atoms with Crippen molar-refractivity contribution >= 4 is 29.1 Å². The highest BCUT2D eigenvalue weighted by Crippen LogP contribution is 2.28. The zero-order valence-corrected chi connectivity index (χ0v) is 18.6. The zero-order valence-electron chi connectivity index (χ0n) is 18.6. The fourth-order valence-electron chi connectivity index (χ4n) is 3.20. The van der Waals surface area contributed by atoms with Crippen molar-refractivity contribution in [3.05, 3.63) is 53.6 Å². The van der Waals surface area contributed by atoms with E-state index in [1.54, 1.807) is 30.3 Å². The summed E-state index contributed by atoms with van der Waals surface area (Å²) in [6, 6.07) is 11.4. The SMILES string of the molecule is CCCCCOc1ccc(C(=O)CCC(=O)OCC(=O)c2ccc3c(c2)NC(=O)CO3)cc1. The van der Waals surface area contributed by atoms with Crippen molar-refractivity contribution in [1.82, 2.24) is 0 Å².